The maximum atomic E-state index is 11.4. The number of aromatic nitrogens is 1. The van der Waals surface area contributed by atoms with Gasteiger partial charge in [-0.1, -0.05) is 0 Å². The topological polar surface area (TPSA) is 175 Å². The summed E-state index contributed by atoms with van der Waals surface area (Å²) in [6.45, 7) is 2.03. The van der Waals surface area contributed by atoms with Crippen molar-refractivity contribution in [2.45, 2.75) is 13.5 Å². The summed E-state index contributed by atoms with van der Waals surface area (Å²) in [5.41, 5.74) is 4.01. The van der Waals surface area contributed by atoms with E-state index in [-0.39, 0.29) is 29.7 Å². The molecule has 0 amide bonds. The van der Waals surface area contributed by atoms with Crippen LogP contribution in [0.3, 0.4) is 0 Å². The number of hydrazone groups is 1. The number of rotatable bonds is 10. The normalized spacial score (nSPS) is 10.6. The number of nitro groups is 2. The second kappa shape index (κ2) is 11.4. The Kier molecular flexibility index (Phi) is 8.06. The van der Waals surface area contributed by atoms with Gasteiger partial charge in [0.15, 0.2) is 17.3 Å². The van der Waals surface area contributed by atoms with Gasteiger partial charge in [-0.25, -0.2) is 4.98 Å². The Labute approximate surface area is 204 Å². The second-order valence-corrected chi connectivity index (χ2v) is 7.24. The summed E-state index contributed by atoms with van der Waals surface area (Å²) in [7, 11) is 2.92. The second-order valence-electron chi connectivity index (χ2n) is 7.24. The molecule has 0 spiro atoms. The number of non-ortho nitro benzene ring substituents is 1. The van der Waals surface area contributed by atoms with E-state index in [0.29, 0.717) is 22.4 Å². The highest BCUT2D eigenvalue weighted by molar-refractivity contribution is 5.81. The lowest BCUT2D eigenvalue weighted by atomic mass is 10.1. The van der Waals surface area contributed by atoms with Crippen LogP contribution in [0, 0.1) is 38.5 Å². The van der Waals surface area contributed by atoms with Crippen molar-refractivity contribution < 1.29 is 24.1 Å². The minimum absolute atomic E-state index is 0.149. The van der Waals surface area contributed by atoms with Crippen molar-refractivity contribution in [2.75, 3.05) is 19.6 Å². The number of nitro benzene ring substituents is 2. The first-order chi connectivity index (χ1) is 17.3. The number of aryl methyl sites for hydroxylation is 1. The lowest BCUT2D eigenvalue weighted by molar-refractivity contribution is -0.394. The number of ether oxygens (including phenoxy) is 3. The molecule has 36 heavy (non-hydrogen) atoms. The third kappa shape index (κ3) is 5.88. The van der Waals surface area contributed by atoms with Crippen molar-refractivity contribution in [3.63, 3.8) is 0 Å². The highest BCUT2D eigenvalue weighted by Crippen LogP contribution is 2.38. The SMILES string of the molecule is COCc1cc(C)nc(NN=Cc2ccc(Oc3ccc([N+](=O)[O-])cc3[N+](=O)[O-])c(OC)c2)c1C#N. The highest BCUT2D eigenvalue weighted by atomic mass is 16.6. The monoisotopic (exact) mass is 492 g/mol. The minimum atomic E-state index is -0.769. The lowest BCUT2D eigenvalue weighted by Gasteiger charge is -2.11. The van der Waals surface area contributed by atoms with Gasteiger partial charge in [-0.05, 0) is 42.8 Å². The van der Waals surface area contributed by atoms with Crippen LogP contribution in [0.2, 0.25) is 0 Å². The van der Waals surface area contributed by atoms with Crippen LogP contribution >= 0.6 is 0 Å². The van der Waals surface area contributed by atoms with Gasteiger partial charge in [0, 0.05) is 24.4 Å². The van der Waals surface area contributed by atoms with E-state index < -0.39 is 21.2 Å². The number of hydrogen-bond donors (Lipinski definition) is 1. The number of nitrogens with one attached hydrogen (secondary N) is 1. The Morgan fingerprint density at radius 2 is 1.83 bits per heavy atom. The lowest BCUT2D eigenvalue weighted by Crippen LogP contribution is -2.03. The maximum Gasteiger partial charge on any atom is 0.318 e. The van der Waals surface area contributed by atoms with Gasteiger partial charge in [-0.3, -0.25) is 25.7 Å². The van der Waals surface area contributed by atoms with Gasteiger partial charge in [-0.2, -0.15) is 10.4 Å². The summed E-state index contributed by atoms with van der Waals surface area (Å²) < 4.78 is 16.1. The van der Waals surface area contributed by atoms with E-state index in [1.807, 2.05) is 0 Å². The van der Waals surface area contributed by atoms with E-state index in [9.17, 15) is 25.5 Å². The largest absolute Gasteiger partial charge is 0.493 e. The molecule has 0 bridgehead atoms. The van der Waals surface area contributed by atoms with Crippen molar-refractivity contribution in [2.24, 2.45) is 5.10 Å². The summed E-state index contributed by atoms with van der Waals surface area (Å²) in [5.74, 6) is 0.475. The molecule has 13 nitrogen and oxygen atoms in total. The van der Waals surface area contributed by atoms with Gasteiger partial charge in [0.05, 0.1) is 35.8 Å². The minimum Gasteiger partial charge on any atom is -0.493 e. The van der Waals surface area contributed by atoms with Crippen LogP contribution in [0.15, 0.2) is 47.6 Å². The number of hydrogen-bond acceptors (Lipinski definition) is 11. The molecule has 13 heteroatoms. The van der Waals surface area contributed by atoms with Crippen molar-refractivity contribution in [3.8, 4) is 23.3 Å². The third-order valence-electron chi connectivity index (χ3n) is 4.78. The zero-order chi connectivity index (χ0) is 26.2. The molecule has 3 rings (SSSR count). The summed E-state index contributed by atoms with van der Waals surface area (Å²) in [5, 5.41) is 36.0. The summed E-state index contributed by atoms with van der Waals surface area (Å²) in [6.07, 6.45) is 1.46. The molecule has 0 radical (unpaired) electrons. The first kappa shape index (κ1) is 25.5. The van der Waals surface area contributed by atoms with Crippen molar-refractivity contribution in [3.05, 3.63) is 85.1 Å². The molecule has 0 fully saturated rings. The standard InChI is InChI=1S/C23H20N6O7/c1-14-8-16(13-34-2)18(11-24)23(26-14)27-25-12-15-4-6-21(22(9-15)35-3)36-20-7-5-17(28(30)31)10-19(20)29(32)33/h4-10,12H,13H2,1-3H3,(H,26,27). The molecule has 2 aromatic carbocycles. The molecule has 0 saturated carbocycles. The smallest absolute Gasteiger partial charge is 0.318 e. The van der Waals surface area contributed by atoms with Gasteiger partial charge < -0.3 is 14.2 Å². The molecule has 1 N–H and O–H groups in total. The molecule has 0 saturated heterocycles. The average Bonchev–Trinajstić information content (AvgIpc) is 2.84. The summed E-state index contributed by atoms with van der Waals surface area (Å²) in [4.78, 5) is 25.1. The van der Waals surface area contributed by atoms with E-state index in [2.05, 4.69) is 21.6 Å². The number of methoxy groups -OCH3 is 2. The predicted molar refractivity (Wildman–Crippen MR) is 128 cm³/mol. The molecule has 0 aliphatic rings. The first-order valence-corrected chi connectivity index (χ1v) is 10.2. The van der Waals surface area contributed by atoms with Crippen LogP contribution in [0.1, 0.15) is 22.4 Å². The average molecular weight is 492 g/mol. The quantitative estimate of drug-likeness (QED) is 0.241. The van der Waals surface area contributed by atoms with Crippen molar-refractivity contribution >= 4 is 23.4 Å². The fourth-order valence-corrected chi connectivity index (χ4v) is 3.20. The number of nitriles is 1. The maximum absolute atomic E-state index is 11.4. The molecular weight excluding hydrogens is 472 g/mol. The van der Waals surface area contributed by atoms with Gasteiger partial charge in [-0.15, -0.1) is 0 Å². The number of anilines is 1. The Balaban J connectivity index is 1.84. The summed E-state index contributed by atoms with van der Waals surface area (Å²) in [6, 6.07) is 11.6. The molecule has 3 aromatic rings. The Morgan fingerprint density at radius 3 is 2.47 bits per heavy atom. The number of nitrogens with zero attached hydrogens (tertiary/aromatic N) is 5. The van der Waals surface area contributed by atoms with Gasteiger partial charge in [0.2, 0.25) is 5.75 Å². The zero-order valence-electron chi connectivity index (χ0n) is 19.4. The van der Waals surface area contributed by atoms with Crippen molar-refractivity contribution in [1.29, 1.82) is 5.26 Å². The molecule has 1 heterocycles. The van der Waals surface area contributed by atoms with Gasteiger partial charge in [0.1, 0.15) is 11.6 Å². The number of pyridine rings is 1. The van der Waals surface area contributed by atoms with E-state index in [1.54, 1.807) is 25.1 Å². The Bertz CT molecular complexity index is 1380. The van der Waals surface area contributed by atoms with Crippen LogP contribution in [0.25, 0.3) is 0 Å². The predicted octanol–water partition coefficient (Wildman–Crippen LogP) is 4.47. The van der Waals surface area contributed by atoms with Crippen LogP contribution < -0.4 is 14.9 Å². The first-order valence-electron chi connectivity index (χ1n) is 10.2. The van der Waals surface area contributed by atoms with Crippen LogP contribution in [-0.2, 0) is 11.3 Å². The highest BCUT2D eigenvalue weighted by Gasteiger charge is 2.22. The molecule has 0 aliphatic carbocycles. The van der Waals surface area contributed by atoms with Gasteiger partial charge in [0.25, 0.3) is 5.69 Å². The van der Waals surface area contributed by atoms with E-state index in [0.717, 1.165) is 18.2 Å². The molecule has 1 aromatic heterocycles. The number of benzene rings is 2. The summed E-state index contributed by atoms with van der Waals surface area (Å²) >= 11 is 0. The molecule has 184 valence electrons. The molecular formula is C23H20N6O7. The van der Waals surface area contributed by atoms with Crippen LogP contribution in [0.5, 0.6) is 17.2 Å². The van der Waals surface area contributed by atoms with Crippen molar-refractivity contribution in [1.82, 2.24) is 4.98 Å². The van der Waals surface area contributed by atoms with Crippen LogP contribution in [-0.4, -0.2) is 35.3 Å². The third-order valence-corrected chi connectivity index (χ3v) is 4.78. The fourth-order valence-electron chi connectivity index (χ4n) is 3.20. The van der Waals surface area contributed by atoms with Gasteiger partial charge >= 0.3 is 5.69 Å². The molecule has 0 aliphatic heterocycles. The molecule has 0 atom stereocenters. The van der Waals surface area contributed by atoms with Crippen LogP contribution in [0.4, 0.5) is 17.2 Å². The van der Waals surface area contributed by atoms with E-state index in [1.165, 1.54) is 26.5 Å². The van der Waals surface area contributed by atoms with E-state index >= 15 is 0 Å². The Morgan fingerprint density at radius 1 is 1.08 bits per heavy atom. The fraction of sp³-hybridized carbons (Fsp3) is 0.174. The molecule has 0 unspecified atom stereocenters. The zero-order valence-corrected chi connectivity index (χ0v) is 19.4. The Hall–Kier alpha value is -5.09. The van der Waals surface area contributed by atoms with E-state index in [4.69, 9.17) is 14.2 Å².